The summed E-state index contributed by atoms with van der Waals surface area (Å²) in [6, 6.07) is 4.47. The molecule has 0 amide bonds. The van der Waals surface area contributed by atoms with Gasteiger partial charge in [0.05, 0.1) is 5.56 Å². The van der Waals surface area contributed by atoms with Crippen molar-refractivity contribution >= 4 is 5.69 Å². The van der Waals surface area contributed by atoms with Crippen LogP contribution in [0, 0.1) is 23.6 Å². The number of nitrogens with two attached hydrogens (primary N) is 1. The maximum atomic E-state index is 13.1. The minimum absolute atomic E-state index is 0.289. The Kier molecular flexibility index (Phi) is 1.94. The van der Waals surface area contributed by atoms with Crippen molar-refractivity contribution in [3.8, 4) is 11.8 Å². The van der Waals surface area contributed by atoms with E-state index in [-0.39, 0.29) is 5.82 Å². The predicted octanol–water partition coefficient (Wildman–Crippen LogP) is 2.17. The summed E-state index contributed by atoms with van der Waals surface area (Å²) >= 11 is 0. The molecule has 2 N–H and O–H groups in total. The summed E-state index contributed by atoms with van der Waals surface area (Å²) < 4.78 is 13.1. The van der Waals surface area contributed by atoms with Crippen molar-refractivity contribution < 1.29 is 4.39 Å². The lowest BCUT2D eigenvalue weighted by Crippen LogP contribution is -1.89. The fourth-order valence-electron chi connectivity index (χ4n) is 1.05. The number of hydrogen-bond donors (Lipinski definition) is 1. The third-order valence-corrected chi connectivity index (χ3v) is 1.98. The molecule has 1 aromatic carbocycles. The van der Waals surface area contributed by atoms with E-state index in [0.717, 1.165) is 12.8 Å². The Morgan fingerprint density at radius 1 is 1.38 bits per heavy atom. The number of hydrogen-bond acceptors (Lipinski definition) is 1. The molecular formula is C11H10FN. The number of benzene rings is 1. The third-order valence-electron chi connectivity index (χ3n) is 1.98. The maximum absolute atomic E-state index is 13.1. The molecule has 66 valence electrons. The van der Waals surface area contributed by atoms with Crippen LogP contribution in [0.3, 0.4) is 0 Å². The van der Waals surface area contributed by atoms with Gasteiger partial charge in [-0.3, -0.25) is 0 Å². The van der Waals surface area contributed by atoms with Gasteiger partial charge >= 0.3 is 0 Å². The summed E-state index contributed by atoms with van der Waals surface area (Å²) in [5.41, 5.74) is 6.48. The highest BCUT2D eigenvalue weighted by molar-refractivity contribution is 5.48. The molecular weight excluding hydrogens is 165 g/mol. The van der Waals surface area contributed by atoms with E-state index in [9.17, 15) is 4.39 Å². The first kappa shape index (κ1) is 8.12. The van der Waals surface area contributed by atoms with Crippen LogP contribution in [0.15, 0.2) is 18.2 Å². The van der Waals surface area contributed by atoms with Gasteiger partial charge in [-0.2, -0.15) is 0 Å². The molecule has 0 unspecified atom stereocenters. The van der Waals surface area contributed by atoms with E-state index >= 15 is 0 Å². The van der Waals surface area contributed by atoms with Gasteiger partial charge in [0.2, 0.25) is 0 Å². The first-order valence-corrected chi connectivity index (χ1v) is 4.32. The van der Waals surface area contributed by atoms with E-state index in [1.54, 1.807) is 6.07 Å². The molecule has 0 atom stereocenters. The minimum Gasteiger partial charge on any atom is -0.399 e. The fourth-order valence-corrected chi connectivity index (χ4v) is 1.05. The molecule has 0 saturated heterocycles. The molecule has 0 spiro atoms. The largest absolute Gasteiger partial charge is 0.399 e. The topological polar surface area (TPSA) is 26.0 Å². The zero-order valence-corrected chi connectivity index (χ0v) is 7.18. The normalized spacial score (nSPS) is 14.8. The molecule has 13 heavy (non-hydrogen) atoms. The second kappa shape index (κ2) is 3.10. The molecule has 2 heteroatoms. The summed E-state index contributed by atoms with van der Waals surface area (Å²) in [5.74, 6) is 6.00. The molecule has 1 nitrogen and oxygen atoms in total. The van der Waals surface area contributed by atoms with Crippen molar-refractivity contribution in [2.24, 2.45) is 5.92 Å². The van der Waals surface area contributed by atoms with Gasteiger partial charge in [-0.25, -0.2) is 4.39 Å². The predicted molar refractivity (Wildman–Crippen MR) is 50.4 cm³/mol. The second-order valence-electron chi connectivity index (χ2n) is 3.28. The summed E-state index contributed by atoms with van der Waals surface area (Å²) in [4.78, 5) is 0. The fraction of sp³-hybridized carbons (Fsp3) is 0.273. The molecule has 0 bridgehead atoms. The van der Waals surface area contributed by atoms with Gasteiger partial charge in [0.1, 0.15) is 5.82 Å². The minimum atomic E-state index is -0.289. The van der Waals surface area contributed by atoms with E-state index in [4.69, 9.17) is 5.73 Å². The van der Waals surface area contributed by atoms with Crippen molar-refractivity contribution in [1.82, 2.24) is 0 Å². The quantitative estimate of drug-likeness (QED) is 0.474. The number of nitrogen functional groups attached to an aromatic ring is 1. The Balaban J connectivity index is 2.28. The lowest BCUT2D eigenvalue weighted by Gasteiger charge is -1.95. The highest BCUT2D eigenvalue weighted by Gasteiger charge is 2.17. The smallest absolute Gasteiger partial charge is 0.138 e. The molecule has 1 aliphatic rings. The van der Waals surface area contributed by atoms with E-state index in [2.05, 4.69) is 11.8 Å². The van der Waals surface area contributed by atoms with Gasteiger partial charge in [-0.15, -0.1) is 0 Å². The molecule has 0 heterocycles. The van der Waals surface area contributed by atoms with Gasteiger partial charge in [0.25, 0.3) is 0 Å². The van der Waals surface area contributed by atoms with Crippen molar-refractivity contribution in [2.75, 3.05) is 5.73 Å². The first-order valence-electron chi connectivity index (χ1n) is 4.32. The number of rotatable bonds is 0. The van der Waals surface area contributed by atoms with Crippen LogP contribution < -0.4 is 5.73 Å². The average molecular weight is 175 g/mol. The van der Waals surface area contributed by atoms with Crippen molar-refractivity contribution in [3.05, 3.63) is 29.6 Å². The highest BCUT2D eigenvalue weighted by atomic mass is 19.1. The molecule has 1 fully saturated rings. The van der Waals surface area contributed by atoms with Gasteiger partial charge < -0.3 is 5.73 Å². The maximum Gasteiger partial charge on any atom is 0.138 e. The SMILES string of the molecule is Nc1ccc(F)c(C#CC2CC2)c1. The standard InChI is InChI=1S/C11H10FN/c12-11-6-5-10(13)7-9(11)4-3-8-1-2-8/h5-8H,1-2,13H2. The van der Waals surface area contributed by atoms with E-state index in [1.165, 1.54) is 12.1 Å². The third kappa shape index (κ3) is 2.00. The molecule has 1 aromatic rings. The second-order valence-corrected chi connectivity index (χ2v) is 3.28. The van der Waals surface area contributed by atoms with Crippen molar-refractivity contribution in [2.45, 2.75) is 12.8 Å². The summed E-state index contributed by atoms with van der Waals surface area (Å²) in [6.07, 6.45) is 2.30. The summed E-state index contributed by atoms with van der Waals surface area (Å²) in [7, 11) is 0. The van der Waals surface area contributed by atoms with Gasteiger partial charge in [-0.05, 0) is 31.0 Å². The van der Waals surface area contributed by atoms with E-state index in [0.29, 0.717) is 17.2 Å². The van der Waals surface area contributed by atoms with Crippen molar-refractivity contribution in [1.29, 1.82) is 0 Å². The Morgan fingerprint density at radius 3 is 2.85 bits per heavy atom. The zero-order valence-electron chi connectivity index (χ0n) is 7.18. The average Bonchev–Trinajstić information content (AvgIpc) is 2.90. The lowest BCUT2D eigenvalue weighted by atomic mass is 10.2. The lowest BCUT2D eigenvalue weighted by molar-refractivity contribution is 0.624. The van der Waals surface area contributed by atoms with Crippen LogP contribution in [0.5, 0.6) is 0 Å². The first-order chi connectivity index (χ1) is 6.25. The molecule has 1 saturated carbocycles. The molecule has 0 aromatic heterocycles. The number of anilines is 1. The van der Waals surface area contributed by atoms with Gasteiger partial charge in [0.15, 0.2) is 0 Å². The Hall–Kier alpha value is -1.49. The van der Waals surface area contributed by atoms with E-state index in [1.807, 2.05) is 0 Å². The van der Waals surface area contributed by atoms with Crippen LogP contribution in [0.25, 0.3) is 0 Å². The molecule has 1 aliphatic carbocycles. The molecule has 0 aliphatic heterocycles. The van der Waals surface area contributed by atoms with Gasteiger partial charge in [0, 0.05) is 11.6 Å². The van der Waals surface area contributed by atoms with Crippen LogP contribution in [0.2, 0.25) is 0 Å². The van der Waals surface area contributed by atoms with E-state index < -0.39 is 0 Å². The Labute approximate surface area is 76.8 Å². The van der Waals surface area contributed by atoms with Crippen molar-refractivity contribution in [3.63, 3.8) is 0 Å². The highest BCUT2D eigenvalue weighted by Crippen LogP contribution is 2.27. The Morgan fingerprint density at radius 2 is 2.15 bits per heavy atom. The van der Waals surface area contributed by atoms with Gasteiger partial charge in [-0.1, -0.05) is 11.8 Å². The molecule has 2 rings (SSSR count). The van der Waals surface area contributed by atoms with Crippen LogP contribution in [0.1, 0.15) is 18.4 Å². The summed E-state index contributed by atoms with van der Waals surface area (Å²) in [6.45, 7) is 0. The Bertz CT molecular complexity index is 383. The number of halogens is 1. The van der Waals surface area contributed by atoms with Crippen LogP contribution in [-0.4, -0.2) is 0 Å². The monoisotopic (exact) mass is 175 g/mol. The summed E-state index contributed by atoms with van der Waals surface area (Å²) in [5, 5.41) is 0. The van der Waals surface area contributed by atoms with Crippen LogP contribution in [-0.2, 0) is 0 Å². The zero-order chi connectivity index (χ0) is 9.26. The molecule has 0 radical (unpaired) electrons. The van der Waals surface area contributed by atoms with Crippen LogP contribution >= 0.6 is 0 Å². The van der Waals surface area contributed by atoms with Crippen LogP contribution in [0.4, 0.5) is 10.1 Å².